The van der Waals surface area contributed by atoms with Crippen LogP contribution in [0.3, 0.4) is 0 Å². The van der Waals surface area contributed by atoms with E-state index >= 15 is 0 Å². The molecule has 3 heterocycles. The van der Waals surface area contributed by atoms with E-state index in [0.717, 1.165) is 22.6 Å². The molecule has 29 heavy (non-hydrogen) atoms. The van der Waals surface area contributed by atoms with Gasteiger partial charge in [0.1, 0.15) is 17.2 Å². The molecule has 0 radical (unpaired) electrons. The van der Waals surface area contributed by atoms with Gasteiger partial charge >= 0.3 is 0 Å². The largest absolute Gasteiger partial charge is 0.306 e. The van der Waals surface area contributed by atoms with Crippen molar-refractivity contribution in [3.05, 3.63) is 103 Å². The van der Waals surface area contributed by atoms with Crippen LogP contribution in [-0.2, 0) is 0 Å². The zero-order valence-electron chi connectivity index (χ0n) is 15.4. The van der Waals surface area contributed by atoms with Crippen LogP contribution in [0.2, 0.25) is 0 Å². The van der Waals surface area contributed by atoms with Gasteiger partial charge in [-0.15, -0.1) is 0 Å². The number of rotatable bonds is 4. The zero-order valence-corrected chi connectivity index (χ0v) is 15.4. The Morgan fingerprint density at radius 1 is 0.828 bits per heavy atom. The molecule has 1 N–H and O–H groups in total. The molecule has 6 nitrogen and oxygen atoms in total. The highest BCUT2D eigenvalue weighted by atomic mass is 16.1. The van der Waals surface area contributed by atoms with Crippen LogP contribution in [0.15, 0.2) is 97.5 Å². The molecule has 0 aliphatic heterocycles. The lowest BCUT2D eigenvalue weighted by molar-refractivity contribution is 0.102. The minimum atomic E-state index is -0.195. The minimum Gasteiger partial charge on any atom is -0.306 e. The number of carbonyl (C=O) groups is 1. The molecule has 0 spiro atoms. The second kappa shape index (κ2) is 7.09. The Bertz CT molecular complexity index is 1270. The molecular weight excluding hydrogens is 362 g/mol. The van der Waals surface area contributed by atoms with Crippen LogP contribution in [0.5, 0.6) is 0 Å². The van der Waals surface area contributed by atoms with Gasteiger partial charge in [0.15, 0.2) is 0 Å². The summed E-state index contributed by atoms with van der Waals surface area (Å²) in [5.74, 6) is 0.452. The number of nitrogens with one attached hydrogen (secondary N) is 1. The maximum atomic E-state index is 13.0. The van der Waals surface area contributed by atoms with Gasteiger partial charge in [-0.3, -0.25) is 9.20 Å². The Balaban J connectivity index is 1.50. The molecule has 0 atom stereocenters. The molecular formula is C23H17N5O. The number of fused-ring (bicyclic) bond motifs is 1. The van der Waals surface area contributed by atoms with Gasteiger partial charge in [0.05, 0.1) is 5.69 Å². The molecule has 0 fully saturated rings. The van der Waals surface area contributed by atoms with Crippen molar-refractivity contribution in [2.45, 2.75) is 0 Å². The van der Waals surface area contributed by atoms with Crippen molar-refractivity contribution in [1.82, 2.24) is 19.2 Å². The van der Waals surface area contributed by atoms with Crippen LogP contribution < -0.4 is 5.32 Å². The topological polar surface area (TPSA) is 64.2 Å². The van der Waals surface area contributed by atoms with E-state index in [0.29, 0.717) is 11.4 Å². The van der Waals surface area contributed by atoms with Crippen LogP contribution in [0.25, 0.3) is 22.6 Å². The van der Waals surface area contributed by atoms with Crippen molar-refractivity contribution in [2.24, 2.45) is 0 Å². The fourth-order valence-corrected chi connectivity index (χ4v) is 3.28. The first kappa shape index (κ1) is 16.9. The van der Waals surface area contributed by atoms with E-state index in [1.807, 2.05) is 83.5 Å². The van der Waals surface area contributed by atoms with Crippen LogP contribution in [0.4, 0.5) is 5.82 Å². The molecule has 0 aliphatic rings. The third-order valence-electron chi connectivity index (χ3n) is 4.71. The number of benzene rings is 2. The number of hydrogen-bond donors (Lipinski definition) is 1. The molecule has 0 aliphatic carbocycles. The normalized spacial score (nSPS) is 10.9. The first-order valence-corrected chi connectivity index (χ1v) is 9.23. The van der Waals surface area contributed by atoms with Gasteiger partial charge in [0.2, 0.25) is 0 Å². The summed E-state index contributed by atoms with van der Waals surface area (Å²) in [6.07, 6.45) is 5.47. The summed E-state index contributed by atoms with van der Waals surface area (Å²) < 4.78 is 3.64. The average molecular weight is 379 g/mol. The summed E-state index contributed by atoms with van der Waals surface area (Å²) in [6.45, 7) is 0. The Morgan fingerprint density at radius 2 is 1.62 bits per heavy atom. The van der Waals surface area contributed by atoms with Crippen molar-refractivity contribution < 1.29 is 4.79 Å². The van der Waals surface area contributed by atoms with E-state index in [1.54, 1.807) is 23.0 Å². The first-order chi connectivity index (χ1) is 14.3. The molecule has 0 saturated carbocycles. The van der Waals surface area contributed by atoms with E-state index in [1.165, 1.54) is 0 Å². The molecule has 1 amide bonds. The highest BCUT2D eigenvalue weighted by Gasteiger charge is 2.17. The van der Waals surface area contributed by atoms with Crippen LogP contribution in [-0.4, -0.2) is 25.1 Å². The Labute approximate surface area is 167 Å². The second-order valence-electron chi connectivity index (χ2n) is 6.56. The lowest BCUT2D eigenvalue weighted by Crippen LogP contribution is -2.14. The summed E-state index contributed by atoms with van der Waals surface area (Å²) in [5, 5.41) is 7.25. The summed E-state index contributed by atoms with van der Waals surface area (Å²) in [7, 11) is 0. The maximum Gasteiger partial charge on any atom is 0.256 e. The number of amides is 1. The minimum absolute atomic E-state index is 0.195. The third kappa shape index (κ3) is 3.17. The summed E-state index contributed by atoms with van der Waals surface area (Å²) in [6, 6.07) is 24.8. The quantitative estimate of drug-likeness (QED) is 0.502. The van der Waals surface area contributed by atoms with Gasteiger partial charge in [0.25, 0.3) is 5.91 Å². The van der Waals surface area contributed by atoms with E-state index in [4.69, 9.17) is 4.98 Å². The number of hydrogen-bond acceptors (Lipinski definition) is 3. The van der Waals surface area contributed by atoms with E-state index in [9.17, 15) is 4.79 Å². The molecule has 140 valence electrons. The number of pyridine rings is 1. The van der Waals surface area contributed by atoms with E-state index < -0.39 is 0 Å². The smallest absolute Gasteiger partial charge is 0.256 e. The highest BCUT2D eigenvalue weighted by Crippen LogP contribution is 2.29. The fraction of sp³-hybridized carbons (Fsp3) is 0. The molecule has 3 aromatic heterocycles. The Hall–Kier alpha value is -4.19. The highest BCUT2D eigenvalue weighted by molar-refractivity contribution is 6.05. The van der Waals surface area contributed by atoms with Crippen molar-refractivity contribution in [2.75, 3.05) is 5.32 Å². The van der Waals surface area contributed by atoms with Crippen molar-refractivity contribution in [1.29, 1.82) is 0 Å². The number of imidazole rings is 1. The molecule has 0 unspecified atom stereocenters. The third-order valence-corrected chi connectivity index (χ3v) is 4.71. The molecule has 5 rings (SSSR count). The van der Waals surface area contributed by atoms with Gasteiger partial charge in [-0.1, -0.05) is 36.4 Å². The average Bonchev–Trinajstić information content (AvgIpc) is 3.43. The van der Waals surface area contributed by atoms with Crippen LogP contribution >= 0.6 is 0 Å². The van der Waals surface area contributed by atoms with E-state index in [2.05, 4.69) is 10.4 Å². The SMILES string of the molecule is O=C(Nc1c(-c2ccccc2)nc2ccccn12)c1ccc(-n2cccn2)cc1. The number of carbonyl (C=O) groups excluding carboxylic acids is 1. The summed E-state index contributed by atoms with van der Waals surface area (Å²) >= 11 is 0. The van der Waals surface area contributed by atoms with E-state index in [-0.39, 0.29) is 5.91 Å². The predicted molar refractivity (Wildman–Crippen MR) is 112 cm³/mol. The van der Waals surface area contributed by atoms with Crippen molar-refractivity contribution in [3.8, 4) is 16.9 Å². The lowest BCUT2D eigenvalue weighted by atomic mass is 10.1. The lowest BCUT2D eigenvalue weighted by Gasteiger charge is -2.09. The molecule has 0 bridgehead atoms. The summed E-state index contributed by atoms with van der Waals surface area (Å²) in [4.78, 5) is 17.7. The Kier molecular flexibility index (Phi) is 4.14. The standard InChI is InChI=1S/C23H17N5O/c29-23(18-10-12-19(13-11-18)28-16-6-14-24-28)26-22-21(17-7-2-1-3-8-17)25-20-9-4-5-15-27(20)22/h1-16H,(H,26,29). The predicted octanol–water partition coefficient (Wildman–Crippen LogP) is 4.44. The van der Waals surface area contributed by atoms with Crippen LogP contribution in [0.1, 0.15) is 10.4 Å². The van der Waals surface area contributed by atoms with Gasteiger partial charge in [-0.2, -0.15) is 5.10 Å². The van der Waals surface area contributed by atoms with Crippen molar-refractivity contribution in [3.63, 3.8) is 0 Å². The van der Waals surface area contributed by atoms with Gasteiger partial charge < -0.3 is 5.32 Å². The second-order valence-corrected chi connectivity index (χ2v) is 6.56. The number of anilines is 1. The number of aromatic nitrogens is 4. The Morgan fingerprint density at radius 3 is 2.38 bits per heavy atom. The monoisotopic (exact) mass is 379 g/mol. The zero-order chi connectivity index (χ0) is 19.6. The molecule has 0 saturated heterocycles. The molecule has 6 heteroatoms. The summed E-state index contributed by atoms with van der Waals surface area (Å²) in [5.41, 5.74) is 3.91. The van der Waals surface area contributed by atoms with Crippen molar-refractivity contribution >= 4 is 17.4 Å². The fourth-order valence-electron chi connectivity index (χ4n) is 3.28. The molecule has 2 aromatic carbocycles. The van der Waals surface area contributed by atoms with Crippen LogP contribution in [0, 0.1) is 0 Å². The van der Waals surface area contributed by atoms with Gasteiger partial charge in [0, 0.05) is 29.7 Å². The van der Waals surface area contributed by atoms with Gasteiger partial charge in [-0.05, 0) is 42.5 Å². The molecule has 5 aromatic rings. The number of nitrogens with zero attached hydrogens (tertiary/aromatic N) is 4. The maximum absolute atomic E-state index is 13.0. The first-order valence-electron chi connectivity index (χ1n) is 9.23. The van der Waals surface area contributed by atoms with Gasteiger partial charge in [-0.25, -0.2) is 9.67 Å².